The standard InChI is InChI=1S/C17H19N3S/c1-3-14(13-6-7-19-15(13)4-1)17(16-5-2-12-21-16)20-10-8-18-9-11-20/h1-7,12,17-19H,8-11H2/t17-/m0/s1. The molecule has 1 fully saturated rings. The Kier molecular flexibility index (Phi) is 3.51. The largest absolute Gasteiger partial charge is 0.361 e. The predicted octanol–water partition coefficient (Wildman–Crippen LogP) is 3.22. The maximum absolute atomic E-state index is 3.45. The van der Waals surface area contributed by atoms with Crippen LogP contribution in [0.25, 0.3) is 10.9 Å². The minimum Gasteiger partial charge on any atom is -0.361 e. The van der Waals surface area contributed by atoms with Crippen molar-refractivity contribution < 1.29 is 0 Å². The van der Waals surface area contributed by atoms with Gasteiger partial charge in [-0.15, -0.1) is 11.3 Å². The van der Waals surface area contributed by atoms with Crippen molar-refractivity contribution in [2.24, 2.45) is 0 Å². The lowest BCUT2D eigenvalue weighted by molar-refractivity contribution is 0.201. The Morgan fingerprint density at radius 2 is 1.95 bits per heavy atom. The van der Waals surface area contributed by atoms with Crippen LogP contribution in [0.5, 0.6) is 0 Å². The van der Waals surface area contributed by atoms with Gasteiger partial charge < -0.3 is 10.3 Å². The van der Waals surface area contributed by atoms with Crippen LogP contribution in [0.4, 0.5) is 0 Å². The summed E-state index contributed by atoms with van der Waals surface area (Å²) in [5, 5.41) is 6.98. The minimum atomic E-state index is 0.367. The number of benzene rings is 1. The molecular formula is C17H19N3S. The Labute approximate surface area is 128 Å². The van der Waals surface area contributed by atoms with Gasteiger partial charge in [-0.05, 0) is 29.1 Å². The van der Waals surface area contributed by atoms with Crippen molar-refractivity contribution in [3.05, 3.63) is 58.4 Å². The highest BCUT2D eigenvalue weighted by atomic mass is 32.1. The second kappa shape index (κ2) is 5.64. The molecule has 3 heterocycles. The van der Waals surface area contributed by atoms with E-state index < -0.39 is 0 Å². The molecule has 1 saturated heterocycles. The molecular weight excluding hydrogens is 278 g/mol. The molecule has 21 heavy (non-hydrogen) atoms. The van der Waals surface area contributed by atoms with Crippen LogP contribution in [-0.2, 0) is 0 Å². The van der Waals surface area contributed by atoms with Crippen LogP contribution in [0.15, 0.2) is 48.0 Å². The summed E-state index contributed by atoms with van der Waals surface area (Å²) in [7, 11) is 0. The second-order valence-electron chi connectivity index (χ2n) is 5.49. The van der Waals surface area contributed by atoms with Gasteiger partial charge in [-0.25, -0.2) is 0 Å². The van der Waals surface area contributed by atoms with Gasteiger partial charge in [0.15, 0.2) is 0 Å². The van der Waals surface area contributed by atoms with E-state index in [0.717, 1.165) is 26.2 Å². The van der Waals surface area contributed by atoms with Crippen molar-refractivity contribution in [1.82, 2.24) is 15.2 Å². The molecule has 0 saturated carbocycles. The summed E-state index contributed by atoms with van der Waals surface area (Å²) < 4.78 is 0. The molecule has 1 aliphatic rings. The maximum atomic E-state index is 3.45. The predicted molar refractivity (Wildman–Crippen MR) is 88.9 cm³/mol. The molecule has 3 aromatic rings. The van der Waals surface area contributed by atoms with Crippen LogP contribution >= 0.6 is 11.3 Å². The molecule has 0 aliphatic carbocycles. The van der Waals surface area contributed by atoms with Gasteiger partial charge in [0.25, 0.3) is 0 Å². The molecule has 4 heteroatoms. The topological polar surface area (TPSA) is 31.1 Å². The number of nitrogens with one attached hydrogen (secondary N) is 2. The maximum Gasteiger partial charge on any atom is 0.0703 e. The Morgan fingerprint density at radius 3 is 2.76 bits per heavy atom. The molecule has 1 aliphatic heterocycles. The van der Waals surface area contributed by atoms with Crippen LogP contribution in [0.1, 0.15) is 16.5 Å². The quantitative estimate of drug-likeness (QED) is 0.778. The molecule has 0 bridgehead atoms. The number of thiophene rings is 1. The molecule has 1 aromatic carbocycles. The monoisotopic (exact) mass is 297 g/mol. The van der Waals surface area contributed by atoms with Gasteiger partial charge in [0, 0.05) is 48.2 Å². The third-order valence-electron chi connectivity index (χ3n) is 4.25. The molecule has 108 valence electrons. The first-order valence-electron chi connectivity index (χ1n) is 7.47. The number of piperazine rings is 1. The van der Waals surface area contributed by atoms with Crippen molar-refractivity contribution in [3.8, 4) is 0 Å². The summed E-state index contributed by atoms with van der Waals surface area (Å²) in [6, 6.07) is 13.6. The first-order valence-corrected chi connectivity index (χ1v) is 8.35. The number of aromatic nitrogens is 1. The Hall–Kier alpha value is -1.62. The zero-order valence-electron chi connectivity index (χ0n) is 11.9. The fourth-order valence-corrected chi connectivity index (χ4v) is 4.14. The normalized spacial score (nSPS) is 18.1. The summed E-state index contributed by atoms with van der Waals surface area (Å²) in [4.78, 5) is 7.37. The Morgan fingerprint density at radius 1 is 1.05 bits per heavy atom. The van der Waals surface area contributed by atoms with Crippen molar-refractivity contribution in [1.29, 1.82) is 0 Å². The highest BCUT2D eigenvalue weighted by Crippen LogP contribution is 2.35. The average Bonchev–Trinajstić information content (AvgIpc) is 3.20. The molecule has 1 atom stereocenters. The molecule has 2 N–H and O–H groups in total. The Balaban J connectivity index is 1.83. The number of nitrogens with zero attached hydrogens (tertiary/aromatic N) is 1. The van der Waals surface area contributed by atoms with Gasteiger partial charge in [0.1, 0.15) is 0 Å². The van der Waals surface area contributed by atoms with Crippen molar-refractivity contribution in [3.63, 3.8) is 0 Å². The molecule has 0 spiro atoms. The van der Waals surface area contributed by atoms with Gasteiger partial charge >= 0.3 is 0 Å². The van der Waals surface area contributed by atoms with Crippen molar-refractivity contribution in [2.75, 3.05) is 26.2 Å². The van der Waals surface area contributed by atoms with E-state index in [9.17, 15) is 0 Å². The second-order valence-corrected chi connectivity index (χ2v) is 6.47. The van der Waals surface area contributed by atoms with E-state index in [1.807, 2.05) is 17.5 Å². The molecule has 2 aromatic heterocycles. The molecule has 4 rings (SSSR count). The highest BCUT2D eigenvalue weighted by molar-refractivity contribution is 7.10. The lowest BCUT2D eigenvalue weighted by Gasteiger charge is -2.35. The lowest BCUT2D eigenvalue weighted by atomic mass is 9.99. The van der Waals surface area contributed by atoms with E-state index in [1.165, 1.54) is 21.3 Å². The van der Waals surface area contributed by atoms with Gasteiger partial charge in [-0.2, -0.15) is 0 Å². The van der Waals surface area contributed by atoms with E-state index in [2.05, 4.69) is 57.0 Å². The summed E-state index contributed by atoms with van der Waals surface area (Å²) in [6.45, 7) is 4.35. The zero-order chi connectivity index (χ0) is 14.1. The third-order valence-corrected chi connectivity index (χ3v) is 5.18. The van der Waals surface area contributed by atoms with Crippen LogP contribution < -0.4 is 5.32 Å². The van der Waals surface area contributed by atoms with Gasteiger partial charge in [0.05, 0.1) is 6.04 Å². The average molecular weight is 297 g/mol. The SMILES string of the molecule is c1csc([C@H](c2cccc3[nH]ccc23)N2CCNCC2)c1. The molecule has 0 radical (unpaired) electrons. The van der Waals surface area contributed by atoms with E-state index in [4.69, 9.17) is 0 Å². The number of rotatable bonds is 3. The highest BCUT2D eigenvalue weighted by Gasteiger charge is 2.26. The number of fused-ring (bicyclic) bond motifs is 1. The van der Waals surface area contributed by atoms with E-state index in [-0.39, 0.29) is 0 Å². The van der Waals surface area contributed by atoms with Gasteiger partial charge in [-0.1, -0.05) is 18.2 Å². The third kappa shape index (κ3) is 2.39. The van der Waals surface area contributed by atoms with Crippen LogP contribution in [0.2, 0.25) is 0 Å². The Bertz CT molecular complexity index is 711. The van der Waals surface area contributed by atoms with Crippen molar-refractivity contribution in [2.45, 2.75) is 6.04 Å². The number of hydrogen-bond donors (Lipinski definition) is 2. The zero-order valence-corrected chi connectivity index (χ0v) is 12.7. The lowest BCUT2D eigenvalue weighted by Crippen LogP contribution is -2.45. The van der Waals surface area contributed by atoms with Crippen molar-refractivity contribution >= 4 is 22.2 Å². The number of aromatic amines is 1. The smallest absolute Gasteiger partial charge is 0.0703 e. The van der Waals surface area contributed by atoms with Crippen LogP contribution in [0, 0.1) is 0 Å². The number of H-pyrrole nitrogens is 1. The summed E-state index contributed by atoms with van der Waals surface area (Å²) in [5.74, 6) is 0. The first kappa shape index (κ1) is 13.1. The fraction of sp³-hybridized carbons (Fsp3) is 0.294. The molecule has 0 amide bonds. The van der Waals surface area contributed by atoms with Crippen LogP contribution in [0.3, 0.4) is 0 Å². The summed E-state index contributed by atoms with van der Waals surface area (Å²) in [6.07, 6.45) is 2.04. The number of hydrogen-bond acceptors (Lipinski definition) is 3. The first-order chi connectivity index (χ1) is 10.4. The summed E-state index contributed by atoms with van der Waals surface area (Å²) in [5.41, 5.74) is 2.64. The minimum absolute atomic E-state index is 0.367. The van der Waals surface area contributed by atoms with Gasteiger partial charge in [-0.3, -0.25) is 4.90 Å². The molecule has 0 unspecified atom stereocenters. The summed E-state index contributed by atoms with van der Waals surface area (Å²) >= 11 is 1.86. The van der Waals surface area contributed by atoms with E-state index in [0.29, 0.717) is 6.04 Å². The van der Waals surface area contributed by atoms with E-state index >= 15 is 0 Å². The van der Waals surface area contributed by atoms with Gasteiger partial charge in [0.2, 0.25) is 0 Å². The fourth-order valence-electron chi connectivity index (χ4n) is 3.27. The van der Waals surface area contributed by atoms with E-state index in [1.54, 1.807) is 0 Å². The van der Waals surface area contributed by atoms with Crippen LogP contribution in [-0.4, -0.2) is 36.1 Å². The molecule has 3 nitrogen and oxygen atoms in total.